The number of rotatable bonds is 7. The van der Waals surface area contributed by atoms with E-state index in [1.165, 1.54) is 0 Å². The highest BCUT2D eigenvalue weighted by molar-refractivity contribution is 8.01. The number of carbonyl (C=O) groups is 1. The lowest BCUT2D eigenvalue weighted by atomic mass is 10.1. The molecule has 0 radical (unpaired) electrons. The van der Waals surface area contributed by atoms with Crippen molar-refractivity contribution in [1.29, 1.82) is 0 Å². The van der Waals surface area contributed by atoms with Crippen molar-refractivity contribution in [2.45, 2.75) is 29.0 Å². The maximum atomic E-state index is 12.8. The minimum Gasteiger partial charge on any atom is -0.348 e. The molecule has 0 saturated heterocycles. The van der Waals surface area contributed by atoms with E-state index in [-0.39, 0.29) is 5.91 Å². The molecule has 0 bridgehead atoms. The van der Waals surface area contributed by atoms with Crippen LogP contribution in [0.2, 0.25) is 10.0 Å². The second-order valence-electron chi connectivity index (χ2n) is 7.11. The number of benzene rings is 2. The van der Waals surface area contributed by atoms with Crippen LogP contribution in [0.25, 0.3) is 0 Å². The lowest BCUT2D eigenvalue weighted by molar-refractivity contribution is 0.0950. The molecule has 1 amide bonds. The summed E-state index contributed by atoms with van der Waals surface area (Å²) < 4.78 is 1.07. The van der Waals surface area contributed by atoms with Gasteiger partial charge in [-0.25, -0.2) is 4.98 Å². The molecule has 4 aromatic rings. The van der Waals surface area contributed by atoms with Crippen molar-refractivity contribution in [3.05, 3.63) is 104 Å². The molecule has 0 aliphatic heterocycles. The Kier molecular flexibility index (Phi) is 7.48. The fraction of sp³-hybridized carbons (Fsp3) is 0.125. The van der Waals surface area contributed by atoms with Gasteiger partial charge in [-0.1, -0.05) is 47.1 Å². The van der Waals surface area contributed by atoms with Gasteiger partial charge in [0.25, 0.3) is 5.91 Å². The third kappa shape index (κ3) is 6.11. The normalized spacial score (nSPS) is 10.8. The minimum atomic E-state index is -0.138. The molecule has 0 unspecified atom stereocenters. The summed E-state index contributed by atoms with van der Waals surface area (Å²) in [7, 11) is 0. The average Bonchev–Trinajstić information content (AvgIpc) is 3.20. The highest BCUT2D eigenvalue weighted by Gasteiger charge is 2.12. The van der Waals surface area contributed by atoms with Crippen molar-refractivity contribution in [3.8, 4) is 0 Å². The van der Waals surface area contributed by atoms with Crippen LogP contribution in [0.5, 0.6) is 0 Å². The standard InChI is InChI=1S/C24H19Cl2N3OS2/c1-15-5-6-20(31-23-14-28-22(32-23)11-19-4-2-3-7-27-19)12-21(15)24(30)29-13-16-8-17(25)10-18(26)9-16/h2-10,12,14H,11,13H2,1H3,(H,29,30). The summed E-state index contributed by atoms with van der Waals surface area (Å²) in [6.07, 6.45) is 4.37. The van der Waals surface area contributed by atoms with Gasteiger partial charge in [0.05, 0.1) is 15.4 Å². The summed E-state index contributed by atoms with van der Waals surface area (Å²) in [6.45, 7) is 2.28. The number of pyridine rings is 1. The van der Waals surface area contributed by atoms with Crippen LogP contribution in [0.15, 0.2) is 76.1 Å². The lowest BCUT2D eigenvalue weighted by Gasteiger charge is -2.10. The molecule has 1 N–H and O–H groups in total. The van der Waals surface area contributed by atoms with Gasteiger partial charge in [0, 0.05) is 45.4 Å². The van der Waals surface area contributed by atoms with Gasteiger partial charge < -0.3 is 5.32 Å². The van der Waals surface area contributed by atoms with Crippen LogP contribution in [0.1, 0.15) is 32.2 Å². The SMILES string of the molecule is Cc1ccc(Sc2cnc(Cc3ccccn3)s2)cc1C(=O)NCc1cc(Cl)cc(Cl)c1. The Hall–Kier alpha value is -2.38. The number of hydrogen-bond acceptors (Lipinski definition) is 5. The van der Waals surface area contributed by atoms with Crippen molar-refractivity contribution >= 4 is 52.2 Å². The maximum Gasteiger partial charge on any atom is 0.251 e. The molecule has 4 rings (SSSR count). The largest absolute Gasteiger partial charge is 0.348 e. The highest BCUT2D eigenvalue weighted by atomic mass is 35.5. The summed E-state index contributed by atoms with van der Waals surface area (Å²) in [5, 5.41) is 5.05. The van der Waals surface area contributed by atoms with E-state index in [1.807, 2.05) is 49.5 Å². The summed E-state index contributed by atoms with van der Waals surface area (Å²) >= 11 is 15.3. The molecule has 0 spiro atoms. The molecule has 2 aromatic carbocycles. The molecule has 162 valence electrons. The zero-order chi connectivity index (χ0) is 22.5. The first-order chi connectivity index (χ1) is 15.5. The van der Waals surface area contributed by atoms with Crippen LogP contribution in [0.3, 0.4) is 0 Å². The van der Waals surface area contributed by atoms with Crippen LogP contribution < -0.4 is 5.32 Å². The van der Waals surface area contributed by atoms with Gasteiger partial charge in [-0.2, -0.15) is 0 Å². The van der Waals surface area contributed by atoms with Crippen molar-refractivity contribution in [3.63, 3.8) is 0 Å². The van der Waals surface area contributed by atoms with Crippen LogP contribution in [-0.4, -0.2) is 15.9 Å². The van der Waals surface area contributed by atoms with E-state index >= 15 is 0 Å². The maximum absolute atomic E-state index is 12.8. The first-order valence-corrected chi connectivity index (χ1v) is 12.2. The number of amides is 1. The van der Waals surface area contributed by atoms with Gasteiger partial charge in [-0.15, -0.1) is 11.3 Å². The topological polar surface area (TPSA) is 54.9 Å². The second kappa shape index (κ2) is 10.5. The third-order valence-electron chi connectivity index (χ3n) is 4.64. The first kappa shape index (κ1) is 22.8. The van der Waals surface area contributed by atoms with Gasteiger partial charge >= 0.3 is 0 Å². The van der Waals surface area contributed by atoms with E-state index < -0.39 is 0 Å². The van der Waals surface area contributed by atoms with Gasteiger partial charge in [0.15, 0.2) is 0 Å². The van der Waals surface area contributed by atoms with E-state index in [0.29, 0.717) is 28.6 Å². The van der Waals surface area contributed by atoms with Crippen molar-refractivity contribution in [2.75, 3.05) is 0 Å². The number of aryl methyl sites for hydroxylation is 1. The quantitative estimate of drug-likeness (QED) is 0.302. The van der Waals surface area contributed by atoms with E-state index in [9.17, 15) is 4.79 Å². The molecule has 0 atom stereocenters. The predicted molar refractivity (Wildman–Crippen MR) is 132 cm³/mol. The molecule has 4 nitrogen and oxygen atoms in total. The zero-order valence-electron chi connectivity index (χ0n) is 17.1. The van der Waals surface area contributed by atoms with Gasteiger partial charge in [-0.3, -0.25) is 9.78 Å². The Labute approximate surface area is 205 Å². The fourth-order valence-corrected chi connectivity index (χ4v) is 5.72. The number of aromatic nitrogens is 2. The number of nitrogens with zero attached hydrogens (tertiary/aromatic N) is 2. The van der Waals surface area contributed by atoms with Crippen molar-refractivity contribution in [1.82, 2.24) is 15.3 Å². The molecule has 0 saturated carbocycles. The van der Waals surface area contributed by atoms with Crippen LogP contribution in [0, 0.1) is 6.92 Å². The monoisotopic (exact) mass is 499 g/mol. The molecule has 2 heterocycles. The van der Waals surface area contributed by atoms with Crippen molar-refractivity contribution in [2.24, 2.45) is 0 Å². The second-order valence-corrected chi connectivity index (χ2v) is 10.5. The highest BCUT2D eigenvalue weighted by Crippen LogP contribution is 2.33. The number of thiazole rings is 1. The summed E-state index contributed by atoms with van der Waals surface area (Å²) in [6, 6.07) is 17.0. The Morgan fingerprint density at radius 3 is 2.62 bits per heavy atom. The van der Waals surface area contributed by atoms with E-state index in [2.05, 4.69) is 15.3 Å². The third-order valence-corrected chi connectivity index (χ3v) is 7.16. The zero-order valence-corrected chi connectivity index (χ0v) is 20.3. The minimum absolute atomic E-state index is 0.138. The Balaban J connectivity index is 1.42. The fourth-order valence-electron chi connectivity index (χ4n) is 3.10. The van der Waals surface area contributed by atoms with Gasteiger partial charge in [0.1, 0.15) is 0 Å². The lowest BCUT2D eigenvalue weighted by Crippen LogP contribution is -2.23. The molecule has 0 fully saturated rings. The summed E-state index contributed by atoms with van der Waals surface area (Å²) in [5.74, 6) is -0.138. The van der Waals surface area contributed by atoms with Crippen LogP contribution in [0.4, 0.5) is 0 Å². The Morgan fingerprint density at radius 1 is 1.06 bits per heavy atom. The van der Waals surface area contributed by atoms with E-state index in [1.54, 1.807) is 47.5 Å². The number of carbonyl (C=O) groups excluding carboxylic acids is 1. The van der Waals surface area contributed by atoms with Crippen LogP contribution in [-0.2, 0) is 13.0 Å². The molecular formula is C24H19Cl2N3OS2. The van der Waals surface area contributed by atoms with Crippen molar-refractivity contribution < 1.29 is 4.79 Å². The Morgan fingerprint density at radius 2 is 1.88 bits per heavy atom. The van der Waals surface area contributed by atoms with Gasteiger partial charge in [0.2, 0.25) is 0 Å². The number of nitrogens with one attached hydrogen (secondary N) is 1. The van der Waals surface area contributed by atoms with E-state index in [0.717, 1.165) is 30.9 Å². The molecule has 0 aliphatic carbocycles. The van der Waals surface area contributed by atoms with Gasteiger partial charge in [-0.05, 0) is 60.5 Å². The smallest absolute Gasteiger partial charge is 0.251 e. The molecule has 0 aliphatic rings. The summed E-state index contributed by atoms with van der Waals surface area (Å²) in [4.78, 5) is 22.7. The first-order valence-electron chi connectivity index (χ1n) is 9.82. The molecule has 2 aromatic heterocycles. The Bertz CT molecular complexity index is 1220. The number of halogens is 2. The molecular weight excluding hydrogens is 481 g/mol. The van der Waals surface area contributed by atoms with Crippen LogP contribution >= 0.6 is 46.3 Å². The summed E-state index contributed by atoms with van der Waals surface area (Å²) in [5.41, 5.74) is 3.40. The molecule has 32 heavy (non-hydrogen) atoms. The predicted octanol–water partition coefficient (Wildman–Crippen LogP) is 6.83. The average molecular weight is 500 g/mol. The number of hydrogen-bond donors (Lipinski definition) is 1. The van der Waals surface area contributed by atoms with E-state index in [4.69, 9.17) is 23.2 Å². The molecule has 8 heteroatoms.